The number of nitrogens with zero attached hydrogens (tertiary/aromatic N) is 6. The van der Waals surface area contributed by atoms with Crippen LogP contribution in [-0.4, -0.2) is 58.0 Å². The number of pyridine rings is 1. The number of halogens is 1. The van der Waals surface area contributed by atoms with Crippen molar-refractivity contribution in [3.63, 3.8) is 0 Å². The summed E-state index contributed by atoms with van der Waals surface area (Å²) >= 11 is 0. The summed E-state index contributed by atoms with van der Waals surface area (Å²) in [6, 6.07) is 14.4. The quantitative estimate of drug-likeness (QED) is 0.398. The van der Waals surface area contributed by atoms with E-state index in [1.165, 1.54) is 35.6 Å². The Bertz CT molecular complexity index is 1680. The third kappa shape index (κ3) is 4.46. The molecule has 1 aliphatic rings. The highest BCUT2D eigenvalue weighted by Crippen LogP contribution is 2.34. The maximum Gasteiger partial charge on any atom is 0.353 e. The summed E-state index contributed by atoms with van der Waals surface area (Å²) in [6.45, 7) is 3.79. The molecule has 1 N–H and O–H groups in total. The molecule has 0 radical (unpaired) electrons. The molecule has 0 saturated carbocycles. The minimum atomic E-state index is -0.643. The SMILES string of the molecule is CNC(=O)c1cccc(N2C(=O)N(c3nc(C)cc(-c4ccc(-n5c(OC)nn(C)c5=O)cc4)c3F)C[C@@H]2C)c1. The van der Waals surface area contributed by atoms with Crippen LogP contribution in [0.2, 0.25) is 0 Å². The third-order valence-corrected chi connectivity index (χ3v) is 6.78. The molecule has 206 valence electrons. The first-order valence-corrected chi connectivity index (χ1v) is 12.6. The van der Waals surface area contributed by atoms with Crippen LogP contribution >= 0.6 is 0 Å². The van der Waals surface area contributed by atoms with Crippen molar-refractivity contribution in [2.75, 3.05) is 30.5 Å². The van der Waals surface area contributed by atoms with E-state index in [-0.39, 0.29) is 41.6 Å². The zero-order valence-electron chi connectivity index (χ0n) is 22.7. The molecule has 0 aliphatic carbocycles. The summed E-state index contributed by atoms with van der Waals surface area (Å²) in [5, 5.41) is 6.62. The molecular weight excluding hydrogens is 517 g/mol. The maximum absolute atomic E-state index is 16.0. The van der Waals surface area contributed by atoms with Gasteiger partial charge in [-0.05, 0) is 55.8 Å². The lowest BCUT2D eigenvalue weighted by molar-refractivity contribution is 0.0963. The number of hydrogen-bond donors (Lipinski definition) is 1. The fraction of sp³-hybridized carbons (Fsp3) is 0.250. The van der Waals surface area contributed by atoms with E-state index in [2.05, 4.69) is 15.4 Å². The number of benzene rings is 2. The van der Waals surface area contributed by atoms with Gasteiger partial charge in [0.05, 0.1) is 18.8 Å². The first-order valence-electron chi connectivity index (χ1n) is 12.6. The van der Waals surface area contributed by atoms with Gasteiger partial charge in [-0.3, -0.25) is 14.6 Å². The van der Waals surface area contributed by atoms with Gasteiger partial charge in [-0.15, -0.1) is 5.10 Å². The monoisotopic (exact) mass is 545 g/mol. The lowest BCUT2D eigenvalue weighted by Crippen LogP contribution is -2.34. The lowest BCUT2D eigenvalue weighted by atomic mass is 10.0. The third-order valence-electron chi connectivity index (χ3n) is 6.78. The Hall–Kier alpha value is -5.00. The average Bonchev–Trinajstić information content (AvgIpc) is 3.42. The number of aromatic nitrogens is 4. The van der Waals surface area contributed by atoms with E-state index in [1.807, 2.05) is 6.92 Å². The van der Waals surface area contributed by atoms with Gasteiger partial charge in [0.25, 0.3) is 5.91 Å². The van der Waals surface area contributed by atoms with E-state index in [9.17, 15) is 14.4 Å². The Kier molecular flexibility index (Phi) is 6.84. The first kappa shape index (κ1) is 26.6. The van der Waals surface area contributed by atoms with Gasteiger partial charge in [0, 0.05) is 43.1 Å². The second kappa shape index (κ2) is 10.3. The van der Waals surface area contributed by atoms with E-state index in [4.69, 9.17) is 4.74 Å². The Morgan fingerprint density at radius 1 is 1.10 bits per heavy atom. The molecule has 0 unspecified atom stereocenters. The molecule has 3 heterocycles. The fourth-order valence-corrected chi connectivity index (χ4v) is 4.84. The normalized spacial score (nSPS) is 15.1. The van der Waals surface area contributed by atoms with Crippen molar-refractivity contribution in [3.8, 4) is 22.8 Å². The van der Waals surface area contributed by atoms with Gasteiger partial charge in [-0.1, -0.05) is 18.2 Å². The molecule has 11 nitrogen and oxygen atoms in total. The largest absolute Gasteiger partial charge is 0.467 e. The number of hydrogen-bond acceptors (Lipinski definition) is 6. The van der Waals surface area contributed by atoms with E-state index in [0.717, 1.165) is 4.68 Å². The highest BCUT2D eigenvalue weighted by Gasteiger charge is 2.39. The van der Waals surface area contributed by atoms with Crippen molar-refractivity contribution in [2.24, 2.45) is 7.05 Å². The van der Waals surface area contributed by atoms with Gasteiger partial charge in [0.2, 0.25) is 0 Å². The van der Waals surface area contributed by atoms with Crippen LogP contribution in [0.25, 0.3) is 16.8 Å². The van der Waals surface area contributed by atoms with Crippen LogP contribution in [0.15, 0.2) is 59.4 Å². The maximum atomic E-state index is 16.0. The minimum Gasteiger partial charge on any atom is -0.467 e. The molecule has 1 fully saturated rings. The number of methoxy groups -OCH3 is 1. The number of carbonyl (C=O) groups excluding carboxylic acids is 2. The molecule has 5 rings (SSSR count). The van der Waals surface area contributed by atoms with Crippen LogP contribution in [0.1, 0.15) is 23.0 Å². The van der Waals surface area contributed by atoms with Crippen LogP contribution in [0.3, 0.4) is 0 Å². The van der Waals surface area contributed by atoms with Crippen molar-refractivity contribution in [2.45, 2.75) is 19.9 Å². The molecular formula is C28H28FN7O4. The molecule has 3 amide bonds. The standard InChI is InChI=1S/C28H28FN7O4/c1-16-13-22(18-9-11-20(12-10-18)36-26(40-5)32-33(4)27(36)38)23(29)24(31-16)34-15-17(2)35(28(34)39)21-8-6-7-19(14-21)25(37)30-3/h6-14,17H,15H2,1-5H3,(H,30,37)/t17-/m0/s1. The van der Waals surface area contributed by atoms with Gasteiger partial charge < -0.3 is 10.1 Å². The van der Waals surface area contributed by atoms with Gasteiger partial charge in [-0.25, -0.2) is 28.2 Å². The van der Waals surface area contributed by atoms with Crippen LogP contribution in [0.4, 0.5) is 20.7 Å². The summed E-state index contributed by atoms with van der Waals surface area (Å²) in [4.78, 5) is 45.4. The molecule has 1 saturated heterocycles. The van der Waals surface area contributed by atoms with Gasteiger partial charge in [0.1, 0.15) is 0 Å². The van der Waals surface area contributed by atoms with E-state index >= 15 is 4.39 Å². The first-order chi connectivity index (χ1) is 19.1. The number of carbonyl (C=O) groups is 2. The molecule has 2 aromatic heterocycles. The predicted octanol–water partition coefficient (Wildman–Crippen LogP) is 3.28. The number of nitrogens with one attached hydrogen (secondary N) is 1. The molecule has 1 atom stereocenters. The summed E-state index contributed by atoms with van der Waals surface area (Å²) in [6.07, 6.45) is 0. The number of amides is 3. The van der Waals surface area contributed by atoms with Crippen molar-refractivity contribution in [3.05, 3.63) is 82.2 Å². The van der Waals surface area contributed by atoms with Gasteiger partial charge >= 0.3 is 17.7 Å². The van der Waals surface area contributed by atoms with Crippen molar-refractivity contribution >= 4 is 23.4 Å². The van der Waals surface area contributed by atoms with Crippen LogP contribution in [0.5, 0.6) is 6.01 Å². The summed E-state index contributed by atoms with van der Waals surface area (Å²) < 4.78 is 23.7. The smallest absolute Gasteiger partial charge is 0.353 e. The zero-order chi connectivity index (χ0) is 28.7. The Balaban J connectivity index is 1.49. The number of rotatable bonds is 6. The Labute approximate surface area is 229 Å². The number of aryl methyl sites for hydroxylation is 2. The van der Waals surface area contributed by atoms with Crippen LogP contribution < -0.4 is 25.5 Å². The second-order valence-electron chi connectivity index (χ2n) is 9.47. The molecule has 4 aromatic rings. The molecule has 2 aromatic carbocycles. The minimum absolute atomic E-state index is 0.0777. The number of anilines is 2. The zero-order valence-corrected chi connectivity index (χ0v) is 22.7. The Morgan fingerprint density at radius 2 is 1.82 bits per heavy atom. The molecule has 12 heteroatoms. The van der Waals surface area contributed by atoms with Crippen LogP contribution in [-0.2, 0) is 7.05 Å². The summed E-state index contributed by atoms with van der Waals surface area (Å²) in [7, 11) is 4.48. The van der Waals surface area contributed by atoms with Crippen molar-refractivity contribution in [1.82, 2.24) is 24.6 Å². The van der Waals surface area contributed by atoms with E-state index in [1.54, 1.807) is 61.5 Å². The number of urea groups is 1. The highest BCUT2D eigenvalue weighted by molar-refractivity contribution is 6.07. The number of ether oxygens (including phenoxy) is 1. The van der Waals surface area contributed by atoms with Crippen LogP contribution in [0, 0.1) is 12.7 Å². The molecule has 0 bridgehead atoms. The fourth-order valence-electron chi connectivity index (χ4n) is 4.84. The molecule has 1 aliphatic heterocycles. The summed E-state index contributed by atoms with van der Waals surface area (Å²) in [5.41, 5.74) is 2.40. The Morgan fingerprint density at radius 3 is 2.50 bits per heavy atom. The van der Waals surface area contributed by atoms with E-state index in [0.29, 0.717) is 28.2 Å². The lowest BCUT2D eigenvalue weighted by Gasteiger charge is -2.22. The molecule has 40 heavy (non-hydrogen) atoms. The van der Waals surface area contributed by atoms with Gasteiger partial charge in [-0.2, -0.15) is 0 Å². The molecule has 0 spiro atoms. The average molecular weight is 546 g/mol. The highest BCUT2D eigenvalue weighted by atomic mass is 19.1. The predicted molar refractivity (Wildman–Crippen MR) is 148 cm³/mol. The van der Waals surface area contributed by atoms with Crippen molar-refractivity contribution in [1.29, 1.82) is 0 Å². The second-order valence-corrected chi connectivity index (χ2v) is 9.47. The van der Waals surface area contributed by atoms with Gasteiger partial charge in [0.15, 0.2) is 11.6 Å². The topological polar surface area (TPSA) is 115 Å². The summed E-state index contributed by atoms with van der Waals surface area (Å²) in [5.74, 6) is -0.992. The van der Waals surface area contributed by atoms with Crippen molar-refractivity contribution < 1.29 is 18.7 Å². The van der Waals surface area contributed by atoms with E-state index < -0.39 is 11.8 Å².